The van der Waals surface area contributed by atoms with E-state index in [2.05, 4.69) is 39.7 Å². The average molecular weight is 283 g/mol. The first-order valence-electron chi connectivity index (χ1n) is 8.05. The van der Waals surface area contributed by atoms with Crippen LogP contribution in [0.15, 0.2) is 28.8 Å². The van der Waals surface area contributed by atoms with E-state index in [1.807, 2.05) is 0 Å². The second kappa shape index (κ2) is 5.51. The van der Waals surface area contributed by atoms with Gasteiger partial charge in [0.25, 0.3) is 0 Å². The summed E-state index contributed by atoms with van der Waals surface area (Å²) in [4.78, 5) is 4.66. The summed E-state index contributed by atoms with van der Waals surface area (Å²) in [6.45, 7) is 0.959. The van der Waals surface area contributed by atoms with Crippen LogP contribution in [0.1, 0.15) is 61.2 Å². The van der Waals surface area contributed by atoms with Gasteiger partial charge in [0, 0.05) is 30.5 Å². The molecule has 0 saturated heterocycles. The van der Waals surface area contributed by atoms with Gasteiger partial charge < -0.3 is 9.84 Å². The Labute approximate surface area is 124 Å². The molecule has 4 rings (SSSR count). The lowest BCUT2D eigenvalue weighted by molar-refractivity contribution is 0.353. The Bertz CT molecular complexity index is 616. The van der Waals surface area contributed by atoms with E-state index >= 15 is 0 Å². The molecule has 1 fully saturated rings. The van der Waals surface area contributed by atoms with Crippen LogP contribution in [0.2, 0.25) is 0 Å². The minimum atomic E-state index is 0.445. The minimum absolute atomic E-state index is 0.445. The second-order valence-corrected chi connectivity index (χ2v) is 6.25. The van der Waals surface area contributed by atoms with Gasteiger partial charge in [-0.05, 0) is 24.5 Å². The Kier molecular flexibility index (Phi) is 3.37. The van der Waals surface area contributed by atoms with Gasteiger partial charge in [-0.25, -0.2) is 0 Å². The topological polar surface area (TPSA) is 51.0 Å². The van der Waals surface area contributed by atoms with E-state index in [0.29, 0.717) is 11.8 Å². The highest BCUT2D eigenvalue weighted by molar-refractivity contribution is 5.57. The molecule has 110 valence electrons. The van der Waals surface area contributed by atoms with Crippen LogP contribution < -0.4 is 5.32 Å². The normalized spacial score (nSPS) is 22.0. The second-order valence-electron chi connectivity index (χ2n) is 6.25. The van der Waals surface area contributed by atoms with Crippen molar-refractivity contribution in [1.29, 1.82) is 0 Å². The van der Waals surface area contributed by atoms with E-state index in [4.69, 9.17) is 4.52 Å². The van der Waals surface area contributed by atoms with Gasteiger partial charge >= 0.3 is 0 Å². The molecule has 0 spiro atoms. The molecule has 2 aromatic rings. The lowest BCUT2D eigenvalue weighted by atomic mass is 9.89. The number of aromatic nitrogens is 2. The van der Waals surface area contributed by atoms with Gasteiger partial charge in [-0.1, -0.05) is 42.6 Å². The van der Waals surface area contributed by atoms with Crippen molar-refractivity contribution >= 4 is 5.69 Å². The molecule has 0 bridgehead atoms. The van der Waals surface area contributed by atoms with Gasteiger partial charge in [-0.15, -0.1) is 0 Å². The van der Waals surface area contributed by atoms with E-state index in [0.717, 1.165) is 24.7 Å². The van der Waals surface area contributed by atoms with Crippen molar-refractivity contribution < 1.29 is 4.52 Å². The zero-order valence-electron chi connectivity index (χ0n) is 12.2. The van der Waals surface area contributed by atoms with Crippen molar-refractivity contribution in [3.05, 3.63) is 41.5 Å². The molecule has 1 aromatic carbocycles. The number of hydrogen-bond acceptors (Lipinski definition) is 4. The van der Waals surface area contributed by atoms with Gasteiger partial charge in [0.2, 0.25) is 5.89 Å². The quantitative estimate of drug-likeness (QED) is 0.929. The standard InChI is InChI=1S/C17H21N3O/c1-2-6-12(7-3-1)17-19-16(21-20-17)10-13-11-18-15-9-5-4-8-14(13)15/h4-5,8-9,12-13,18H,1-3,6-7,10-11H2. The van der Waals surface area contributed by atoms with Crippen molar-refractivity contribution in [3.8, 4) is 0 Å². The molecule has 4 heteroatoms. The monoisotopic (exact) mass is 283 g/mol. The molecular formula is C17H21N3O. The molecule has 0 amide bonds. The highest BCUT2D eigenvalue weighted by Crippen LogP contribution is 2.34. The molecule has 4 nitrogen and oxygen atoms in total. The summed E-state index contributed by atoms with van der Waals surface area (Å²) >= 11 is 0. The Morgan fingerprint density at radius 2 is 2.00 bits per heavy atom. The molecule has 21 heavy (non-hydrogen) atoms. The molecule has 1 aliphatic carbocycles. The van der Waals surface area contributed by atoms with Gasteiger partial charge in [0.05, 0.1) is 0 Å². The smallest absolute Gasteiger partial charge is 0.227 e. The van der Waals surface area contributed by atoms with E-state index in [1.54, 1.807) is 0 Å². The lowest BCUT2D eigenvalue weighted by Crippen LogP contribution is -2.08. The van der Waals surface area contributed by atoms with Crippen molar-refractivity contribution in [2.45, 2.75) is 50.4 Å². The van der Waals surface area contributed by atoms with Crippen LogP contribution in [-0.2, 0) is 6.42 Å². The molecular weight excluding hydrogens is 262 g/mol. The van der Waals surface area contributed by atoms with Crippen molar-refractivity contribution in [1.82, 2.24) is 10.1 Å². The van der Waals surface area contributed by atoms with Crippen LogP contribution in [0.5, 0.6) is 0 Å². The van der Waals surface area contributed by atoms with Gasteiger partial charge in [-0.2, -0.15) is 4.98 Å². The van der Waals surface area contributed by atoms with Gasteiger partial charge in [-0.3, -0.25) is 0 Å². The number of nitrogens with zero attached hydrogens (tertiary/aromatic N) is 2. The van der Waals surface area contributed by atoms with Gasteiger partial charge in [0.1, 0.15) is 0 Å². The number of benzene rings is 1. The third-order valence-corrected chi connectivity index (χ3v) is 4.81. The first-order valence-corrected chi connectivity index (χ1v) is 8.05. The van der Waals surface area contributed by atoms with E-state index in [-0.39, 0.29) is 0 Å². The highest BCUT2D eigenvalue weighted by Gasteiger charge is 2.26. The van der Waals surface area contributed by atoms with Crippen LogP contribution in [0.3, 0.4) is 0 Å². The molecule has 1 N–H and O–H groups in total. The first kappa shape index (κ1) is 12.9. The first-order chi connectivity index (χ1) is 10.4. The van der Waals surface area contributed by atoms with Crippen LogP contribution in [0.25, 0.3) is 0 Å². The van der Waals surface area contributed by atoms with Crippen LogP contribution >= 0.6 is 0 Å². The Morgan fingerprint density at radius 3 is 2.90 bits per heavy atom. The maximum atomic E-state index is 5.51. The largest absolute Gasteiger partial charge is 0.384 e. The minimum Gasteiger partial charge on any atom is -0.384 e. The fourth-order valence-electron chi connectivity index (χ4n) is 3.63. The van der Waals surface area contributed by atoms with Gasteiger partial charge in [0.15, 0.2) is 5.82 Å². The molecule has 1 aliphatic heterocycles. The van der Waals surface area contributed by atoms with Crippen LogP contribution in [0, 0.1) is 0 Å². The molecule has 1 unspecified atom stereocenters. The molecule has 1 atom stereocenters. The van der Waals surface area contributed by atoms with Crippen LogP contribution in [-0.4, -0.2) is 16.7 Å². The predicted octanol–water partition coefficient (Wildman–Crippen LogP) is 3.87. The number of fused-ring (bicyclic) bond motifs is 1. The molecule has 2 aliphatic rings. The van der Waals surface area contributed by atoms with E-state index in [1.165, 1.54) is 43.4 Å². The summed E-state index contributed by atoms with van der Waals surface area (Å²) in [5, 5.41) is 7.68. The fraction of sp³-hybridized carbons (Fsp3) is 0.529. The number of nitrogens with one attached hydrogen (secondary N) is 1. The number of rotatable bonds is 3. The zero-order valence-corrected chi connectivity index (χ0v) is 12.2. The van der Waals surface area contributed by atoms with Crippen molar-refractivity contribution in [3.63, 3.8) is 0 Å². The number of anilines is 1. The maximum Gasteiger partial charge on any atom is 0.227 e. The average Bonchev–Trinajstić information content (AvgIpc) is 3.17. The number of para-hydroxylation sites is 1. The Balaban J connectivity index is 1.47. The summed E-state index contributed by atoms with van der Waals surface area (Å²) in [5.41, 5.74) is 2.62. The van der Waals surface area contributed by atoms with E-state index in [9.17, 15) is 0 Å². The summed E-state index contributed by atoms with van der Waals surface area (Å²) in [6.07, 6.45) is 7.22. The summed E-state index contributed by atoms with van der Waals surface area (Å²) in [5.74, 6) is 2.69. The predicted molar refractivity (Wildman–Crippen MR) is 81.5 cm³/mol. The molecule has 2 heterocycles. The Morgan fingerprint density at radius 1 is 1.14 bits per heavy atom. The molecule has 0 radical (unpaired) electrons. The SMILES string of the molecule is c1ccc2c(c1)NCC2Cc1nc(C2CCCCC2)no1. The lowest BCUT2D eigenvalue weighted by Gasteiger charge is -2.17. The summed E-state index contributed by atoms with van der Waals surface area (Å²) < 4.78 is 5.51. The third kappa shape index (κ3) is 2.55. The fourth-order valence-corrected chi connectivity index (χ4v) is 3.63. The van der Waals surface area contributed by atoms with Crippen molar-refractivity contribution in [2.75, 3.05) is 11.9 Å². The number of hydrogen-bond donors (Lipinski definition) is 1. The van der Waals surface area contributed by atoms with Crippen LogP contribution in [0.4, 0.5) is 5.69 Å². The molecule has 1 aromatic heterocycles. The third-order valence-electron chi connectivity index (χ3n) is 4.81. The zero-order chi connectivity index (χ0) is 14.1. The van der Waals surface area contributed by atoms with E-state index < -0.39 is 0 Å². The maximum absolute atomic E-state index is 5.51. The van der Waals surface area contributed by atoms with Crippen molar-refractivity contribution in [2.24, 2.45) is 0 Å². The highest BCUT2D eigenvalue weighted by atomic mass is 16.5. The summed E-state index contributed by atoms with van der Waals surface area (Å²) in [6, 6.07) is 8.50. The Hall–Kier alpha value is -1.84. The molecule has 1 saturated carbocycles. The summed E-state index contributed by atoms with van der Waals surface area (Å²) in [7, 11) is 0.